The summed E-state index contributed by atoms with van der Waals surface area (Å²) < 4.78 is 5.90. The van der Waals surface area contributed by atoms with Crippen molar-refractivity contribution in [2.45, 2.75) is 57.9 Å². The molecular formula is C21H32N2O2. The van der Waals surface area contributed by atoms with Crippen molar-refractivity contribution in [2.24, 2.45) is 0 Å². The van der Waals surface area contributed by atoms with E-state index in [-0.39, 0.29) is 17.9 Å². The van der Waals surface area contributed by atoms with Crippen LogP contribution in [0.25, 0.3) is 0 Å². The van der Waals surface area contributed by atoms with E-state index in [0.29, 0.717) is 6.04 Å². The summed E-state index contributed by atoms with van der Waals surface area (Å²) in [4.78, 5) is 17.1. The molecule has 4 nitrogen and oxygen atoms in total. The molecule has 2 aliphatic heterocycles. The van der Waals surface area contributed by atoms with E-state index in [1.807, 2.05) is 23.1 Å². The summed E-state index contributed by atoms with van der Waals surface area (Å²) in [5.74, 6) is 0.943. The molecule has 2 fully saturated rings. The van der Waals surface area contributed by atoms with Crippen molar-refractivity contribution in [2.75, 3.05) is 32.8 Å². The maximum absolute atomic E-state index is 12.5. The van der Waals surface area contributed by atoms with Gasteiger partial charge in [0.15, 0.2) is 6.61 Å². The Morgan fingerprint density at radius 2 is 1.72 bits per heavy atom. The fourth-order valence-corrected chi connectivity index (χ4v) is 4.03. The third-order valence-electron chi connectivity index (χ3n) is 5.52. The van der Waals surface area contributed by atoms with E-state index >= 15 is 0 Å². The van der Waals surface area contributed by atoms with Gasteiger partial charge in [0, 0.05) is 19.1 Å². The average molecular weight is 344 g/mol. The second-order valence-corrected chi connectivity index (χ2v) is 8.39. The van der Waals surface area contributed by atoms with Crippen molar-refractivity contribution < 1.29 is 9.53 Å². The lowest BCUT2D eigenvalue weighted by Crippen LogP contribution is -2.47. The lowest BCUT2D eigenvalue weighted by atomic mass is 9.86. The normalized spacial score (nSPS) is 20.0. The third kappa shape index (κ3) is 4.55. The van der Waals surface area contributed by atoms with E-state index < -0.39 is 0 Å². The summed E-state index contributed by atoms with van der Waals surface area (Å²) in [5, 5.41) is 0. The summed E-state index contributed by atoms with van der Waals surface area (Å²) in [6, 6.07) is 8.72. The van der Waals surface area contributed by atoms with Crippen molar-refractivity contribution in [3.8, 4) is 5.75 Å². The highest BCUT2D eigenvalue weighted by molar-refractivity contribution is 5.78. The zero-order valence-electron chi connectivity index (χ0n) is 16.0. The Hall–Kier alpha value is -1.55. The van der Waals surface area contributed by atoms with Gasteiger partial charge in [-0.2, -0.15) is 0 Å². The molecule has 2 heterocycles. The topological polar surface area (TPSA) is 32.8 Å². The summed E-state index contributed by atoms with van der Waals surface area (Å²) in [7, 11) is 0. The third-order valence-corrected chi connectivity index (χ3v) is 5.52. The van der Waals surface area contributed by atoms with E-state index in [1.165, 1.54) is 25.9 Å². The zero-order chi connectivity index (χ0) is 17.9. The molecule has 0 saturated carbocycles. The van der Waals surface area contributed by atoms with E-state index in [1.54, 1.807) is 0 Å². The average Bonchev–Trinajstić information content (AvgIpc) is 3.14. The molecule has 0 bridgehead atoms. The van der Waals surface area contributed by atoms with Gasteiger partial charge >= 0.3 is 0 Å². The van der Waals surface area contributed by atoms with Crippen LogP contribution in [0.1, 0.15) is 52.0 Å². The lowest BCUT2D eigenvalue weighted by molar-refractivity contribution is -0.134. The second kappa shape index (κ2) is 7.77. The number of nitrogens with zero attached hydrogens (tertiary/aromatic N) is 2. The molecule has 25 heavy (non-hydrogen) atoms. The van der Waals surface area contributed by atoms with Crippen LogP contribution in [0.3, 0.4) is 0 Å². The monoisotopic (exact) mass is 344 g/mol. The van der Waals surface area contributed by atoms with Gasteiger partial charge < -0.3 is 14.5 Å². The highest BCUT2D eigenvalue weighted by Gasteiger charge is 2.28. The van der Waals surface area contributed by atoms with Crippen LogP contribution in [0, 0.1) is 0 Å². The Kier molecular flexibility index (Phi) is 5.67. The maximum atomic E-state index is 12.5. The highest BCUT2D eigenvalue weighted by Crippen LogP contribution is 2.31. The van der Waals surface area contributed by atoms with Gasteiger partial charge in [-0.3, -0.25) is 4.79 Å². The molecule has 1 amide bonds. The number of ether oxygens (including phenoxy) is 1. The van der Waals surface area contributed by atoms with Crippen molar-refractivity contribution in [3.63, 3.8) is 0 Å². The van der Waals surface area contributed by atoms with Gasteiger partial charge in [-0.05, 0) is 55.8 Å². The Balaban J connectivity index is 1.51. The van der Waals surface area contributed by atoms with Crippen LogP contribution in [-0.4, -0.2) is 54.5 Å². The van der Waals surface area contributed by atoms with Gasteiger partial charge in [-0.1, -0.05) is 39.0 Å². The largest absolute Gasteiger partial charge is 0.483 e. The number of para-hydroxylation sites is 1. The molecule has 4 heteroatoms. The number of piperidine rings is 1. The lowest BCUT2D eigenvalue weighted by Gasteiger charge is -2.36. The van der Waals surface area contributed by atoms with Crippen LogP contribution in [-0.2, 0) is 10.2 Å². The van der Waals surface area contributed by atoms with Crippen molar-refractivity contribution in [1.82, 2.24) is 9.80 Å². The molecule has 0 atom stereocenters. The summed E-state index contributed by atoms with van der Waals surface area (Å²) in [6.07, 6.45) is 4.87. The van der Waals surface area contributed by atoms with E-state index in [2.05, 4.69) is 31.7 Å². The fraction of sp³-hybridized carbons (Fsp3) is 0.667. The van der Waals surface area contributed by atoms with Crippen LogP contribution in [0.4, 0.5) is 0 Å². The molecule has 1 aromatic rings. The van der Waals surface area contributed by atoms with Crippen LogP contribution in [0.2, 0.25) is 0 Å². The predicted octanol–water partition coefficient (Wildman–Crippen LogP) is 3.45. The summed E-state index contributed by atoms with van der Waals surface area (Å²) in [6.45, 7) is 10.9. The van der Waals surface area contributed by atoms with Gasteiger partial charge in [-0.25, -0.2) is 0 Å². The van der Waals surface area contributed by atoms with Crippen LogP contribution in [0.5, 0.6) is 5.75 Å². The van der Waals surface area contributed by atoms with E-state index in [0.717, 1.165) is 37.2 Å². The Morgan fingerprint density at radius 1 is 1.08 bits per heavy atom. The Labute approximate surface area is 152 Å². The molecule has 3 rings (SSSR count). The van der Waals surface area contributed by atoms with E-state index in [4.69, 9.17) is 4.74 Å². The quantitative estimate of drug-likeness (QED) is 0.839. The summed E-state index contributed by atoms with van der Waals surface area (Å²) in [5.41, 5.74) is 1.16. The molecular weight excluding hydrogens is 312 g/mol. The van der Waals surface area contributed by atoms with Crippen molar-refractivity contribution in [3.05, 3.63) is 29.8 Å². The minimum Gasteiger partial charge on any atom is -0.483 e. The number of hydrogen-bond acceptors (Lipinski definition) is 3. The number of carbonyl (C=O) groups is 1. The first-order valence-corrected chi connectivity index (χ1v) is 9.69. The number of carbonyl (C=O) groups excluding carboxylic acids is 1. The van der Waals surface area contributed by atoms with Crippen molar-refractivity contribution >= 4 is 5.91 Å². The molecule has 0 radical (unpaired) electrons. The SMILES string of the molecule is CC(C)(C)c1ccccc1OCC(=O)N1CCC(N2CCCC2)CC1. The number of rotatable bonds is 4. The van der Waals surface area contributed by atoms with Gasteiger partial charge in [0.25, 0.3) is 5.91 Å². The van der Waals surface area contributed by atoms with Crippen LogP contribution < -0.4 is 4.74 Å². The molecule has 0 aliphatic carbocycles. The number of hydrogen-bond donors (Lipinski definition) is 0. The van der Waals surface area contributed by atoms with Gasteiger partial charge in [0.1, 0.15) is 5.75 Å². The molecule has 2 saturated heterocycles. The first kappa shape index (κ1) is 18.2. The van der Waals surface area contributed by atoms with Gasteiger partial charge in [-0.15, -0.1) is 0 Å². The molecule has 0 spiro atoms. The van der Waals surface area contributed by atoms with Crippen LogP contribution >= 0.6 is 0 Å². The maximum Gasteiger partial charge on any atom is 0.260 e. The smallest absolute Gasteiger partial charge is 0.260 e. The van der Waals surface area contributed by atoms with Crippen LogP contribution in [0.15, 0.2) is 24.3 Å². The van der Waals surface area contributed by atoms with E-state index in [9.17, 15) is 4.79 Å². The first-order chi connectivity index (χ1) is 11.9. The minimum absolute atomic E-state index is 0.00765. The zero-order valence-corrected chi connectivity index (χ0v) is 16.0. The minimum atomic E-state index is 0.00765. The van der Waals surface area contributed by atoms with Crippen molar-refractivity contribution in [1.29, 1.82) is 0 Å². The first-order valence-electron chi connectivity index (χ1n) is 9.69. The standard InChI is InChI=1S/C21H32N2O2/c1-21(2,3)18-8-4-5-9-19(18)25-16-20(24)23-14-10-17(11-15-23)22-12-6-7-13-22/h4-5,8-9,17H,6-7,10-16H2,1-3H3. The molecule has 138 valence electrons. The molecule has 0 unspecified atom stereocenters. The molecule has 2 aliphatic rings. The Morgan fingerprint density at radius 3 is 2.36 bits per heavy atom. The number of likely N-dealkylation sites (tertiary alicyclic amines) is 2. The molecule has 0 N–H and O–H groups in total. The van der Waals surface area contributed by atoms with Gasteiger partial charge in [0.05, 0.1) is 0 Å². The fourth-order valence-electron chi connectivity index (χ4n) is 4.03. The molecule has 1 aromatic carbocycles. The number of amides is 1. The van der Waals surface area contributed by atoms with Gasteiger partial charge in [0.2, 0.25) is 0 Å². The Bertz CT molecular complexity index is 580. The second-order valence-electron chi connectivity index (χ2n) is 8.39. The summed E-state index contributed by atoms with van der Waals surface area (Å²) >= 11 is 0. The highest BCUT2D eigenvalue weighted by atomic mass is 16.5. The predicted molar refractivity (Wildman–Crippen MR) is 101 cm³/mol. The molecule has 0 aromatic heterocycles. The number of benzene rings is 1.